The monoisotopic (exact) mass is 370 g/mol. The van der Waals surface area contributed by atoms with Crippen molar-refractivity contribution in [3.05, 3.63) is 54.1 Å². The molecule has 0 unspecified atom stereocenters. The fourth-order valence-electron chi connectivity index (χ4n) is 1.86. The minimum absolute atomic E-state index is 0.0186. The van der Waals surface area contributed by atoms with Gasteiger partial charge < -0.3 is 9.47 Å². The van der Waals surface area contributed by atoms with Crippen LogP contribution in [-0.4, -0.2) is 32.5 Å². The van der Waals surface area contributed by atoms with E-state index < -0.39 is 12.8 Å². The van der Waals surface area contributed by atoms with Crippen LogP contribution in [0.3, 0.4) is 0 Å². The number of aromatic nitrogens is 4. The Morgan fingerprint density at radius 1 is 1.08 bits per heavy atom. The fourth-order valence-corrected chi connectivity index (χ4v) is 1.96. The number of hydrogen-bond acceptors (Lipinski definition) is 5. The summed E-state index contributed by atoms with van der Waals surface area (Å²) in [5.41, 5.74) is 0.475. The first kappa shape index (κ1) is 17.0. The highest BCUT2D eigenvalue weighted by atomic mass is 35.5. The molecule has 0 aliphatic rings. The molecular formula is C15H10ClF3N4O2. The zero-order valence-electron chi connectivity index (χ0n) is 12.4. The Morgan fingerprint density at radius 3 is 2.52 bits per heavy atom. The lowest BCUT2D eigenvalue weighted by Gasteiger charge is -2.09. The SMILES string of the molecule is FC(F)(F)COc1cnn(-c2ccccc2Oc2ncc(Cl)cn2)c1. The highest BCUT2D eigenvalue weighted by Gasteiger charge is 2.28. The van der Waals surface area contributed by atoms with Crippen LogP contribution in [-0.2, 0) is 0 Å². The Bertz CT molecular complexity index is 852. The molecule has 0 saturated carbocycles. The number of alkyl halides is 3. The molecule has 0 saturated heterocycles. The van der Waals surface area contributed by atoms with E-state index in [0.29, 0.717) is 16.5 Å². The van der Waals surface area contributed by atoms with Crippen LogP contribution in [0.4, 0.5) is 13.2 Å². The number of ether oxygens (including phenoxy) is 2. The van der Waals surface area contributed by atoms with Crippen LogP contribution in [0.2, 0.25) is 5.02 Å². The molecule has 0 atom stereocenters. The lowest BCUT2D eigenvalue weighted by molar-refractivity contribution is -0.153. The largest absolute Gasteiger partial charge is 0.481 e. The molecule has 3 rings (SSSR count). The van der Waals surface area contributed by atoms with Gasteiger partial charge in [-0.2, -0.15) is 18.3 Å². The van der Waals surface area contributed by atoms with Crippen LogP contribution < -0.4 is 9.47 Å². The summed E-state index contributed by atoms with van der Waals surface area (Å²) in [6, 6.07) is 6.83. The van der Waals surface area contributed by atoms with Gasteiger partial charge in [-0.25, -0.2) is 14.6 Å². The third-order valence-corrected chi connectivity index (χ3v) is 3.07. The van der Waals surface area contributed by atoms with E-state index in [1.165, 1.54) is 29.5 Å². The maximum atomic E-state index is 12.2. The summed E-state index contributed by atoms with van der Waals surface area (Å²) in [5.74, 6) is 0.338. The predicted molar refractivity (Wildman–Crippen MR) is 82.2 cm³/mol. The molecule has 0 aliphatic heterocycles. The molecule has 0 spiro atoms. The summed E-state index contributed by atoms with van der Waals surface area (Å²) in [7, 11) is 0. The summed E-state index contributed by atoms with van der Waals surface area (Å²) in [5, 5.41) is 4.35. The normalized spacial score (nSPS) is 11.4. The van der Waals surface area contributed by atoms with Crippen LogP contribution in [0, 0.1) is 0 Å². The Kier molecular flexibility index (Phi) is 4.75. The Labute approximate surface area is 144 Å². The molecule has 25 heavy (non-hydrogen) atoms. The van der Waals surface area contributed by atoms with Gasteiger partial charge in [0.15, 0.2) is 18.1 Å². The first-order chi connectivity index (χ1) is 11.9. The fraction of sp³-hybridized carbons (Fsp3) is 0.133. The van der Waals surface area contributed by atoms with Crippen molar-refractivity contribution in [1.29, 1.82) is 0 Å². The van der Waals surface area contributed by atoms with Crippen LogP contribution in [0.5, 0.6) is 17.5 Å². The molecule has 0 bridgehead atoms. The second kappa shape index (κ2) is 6.98. The molecular weight excluding hydrogens is 361 g/mol. The lowest BCUT2D eigenvalue weighted by Crippen LogP contribution is -2.19. The summed E-state index contributed by atoms with van der Waals surface area (Å²) in [6.45, 7) is -1.39. The number of nitrogens with zero attached hydrogens (tertiary/aromatic N) is 4. The molecule has 0 fully saturated rings. The zero-order chi connectivity index (χ0) is 17.9. The van der Waals surface area contributed by atoms with E-state index in [1.807, 2.05) is 0 Å². The van der Waals surface area contributed by atoms with Gasteiger partial charge >= 0.3 is 12.2 Å². The molecule has 6 nitrogen and oxygen atoms in total. The maximum Gasteiger partial charge on any atom is 0.422 e. The molecule has 0 N–H and O–H groups in total. The van der Waals surface area contributed by atoms with Crippen molar-refractivity contribution < 1.29 is 22.6 Å². The number of hydrogen-bond donors (Lipinski definition) is 0. The van der Waals surface area contributed by atoms with Crippen molar-refractivity contribution in [2.45, 2.75) is 6.18 Å². The van der Waals surface area contributed by atoms with Gasteiger partial charge in [0, 0.05) is 0 Å². The van der Waals surface area contributed by atoms with Crippen LogP contribution in [0.1, 0.15) is 0 Å². The number of rotatable bonds is 5. The highest BCUT2D eigenvalue weighted by Crippen LogP contribution is 2.27. The average molecular weight is 371 g/mol. The standard InChI is InChI=1S/C15H10ClF3N4O2/c16-10-5-20-14(21-6-10)25-13-4-2-1-3-12(13)23-8-11(7-22-23)24-9-15(17,18)19/h1-8H,9H2. The van der Waals surface area contributed by atoms with E-state index >= 15 is 0 Å². The van der Waals surface area contributed by atoms with Crippen LogP contribution in [0.25, 0.3) is 5.69 Å². The van der Waals surface area contributed by atoms with Crippen molar-refractivity contribution in [3.8, 4) is 23.2 Å². The van der Waals surface area contributed by atoms with Gasteiger partial charge in [0.2, 0.25) is 0 Å². The third-order valence-electron chi connectivity index (χ3n) is 2.87. The van der Waals surface area contributed by atoms with E-state index in [2.05, 4.69) is 19.8 Å². The van der Waals surface area contributed by atoms with Crippen molar-refractivity contribution in [3.63, 3.8) is 0 Å². The molecule has 130 valence electrons. The van der Waals surface area contributed by atoms with Crippen LogP contribution >= 0.6 is 11.6 Å². The van der Waals surface area contributed by atoms with E-state index in [9.17, 15) is 13.2 Å². The van der Waals surface area contributed by atoms with Gasteiger partial charge in [0.05, 0.1) is 29.8 Å². The minimum Gasteiger partial charge on any atom is -0.481 e. The molecule has 0 radical (unpaired) electrons. The molecule has 2 aromatic heterocycles. The average Bonchev–Trinajstić information content (AvgIpc) is 3.04. The van der Waals surface area contributed by atoms with Gasteiger partial charge in [-0.3, -0.25) is 0 Å². The summed E-state index contributed by atoms with van der Waals surface area (Å²) in [6.07, 6.45) is 0.833. The molecule has 2 heterocycles. The Hall–Kier alpha value is -2.81. The number of benzene rings is 1. The van der Waals surface area contributed by atoms with E-state index in [0.717, 1.165) is 0 Å². The smallest absolute Gasteiger partial charge is 0.422 e. The predicted octanol–water partition coefficient (Wildman–Crippen LogP) is 4.05. The zero-order valence-corrected chi connectivity index (χ0v) is 13.2. The number of halogens is 4. The second-order valence-corrected chi connectivity index (χ2v) is 5.21. The second-order valence-electron chi connectivity index (χ2n) is 4.78. The van der Waals surface area contributed by atoms with Crippen molar-refractivity contribution >= 4 is 11.6 Å². The quantitative estimate of drug-likeness (QED) is 0.678. The highest BCUT2D eigenvalue weighted by molar-refractivity contribution is 6.30. The lowest BCUT2D eigenvalue weighted by atomic mass is 10.3. The van der Waals surface area contributed by atoms with Gasteiger partial charge in [-0.1, -0.05) is 23.7 Å². The molecule has 1 aromatic carbocycles. The van der Waals surface area contributed by atoms with Crippen molar-refractivity contribution in [2.24, 2.45) is 0 Å². The maximum absolute atomic E-state index is 12.2. The van der Waals surface area contributed by atoms with Crippen LogP contribution in [0.15, 0.2) is 49.1 Å². The van der Waals surface area contributed by atoms with E-state index in [4.69, 9.17) is 16.3 Å². The molecule has 10 heteroatoms. The van der Waals surface area contributed by atoms with E-state index in [-0.39, 0.29) is 11.8 Å². The summed E-state index contributed by atoms with van der Waals surface area (Å²) in [4.78, 5) is 7.85. The topological polar surface area (TPSA) is 62.1 Å². The molecule has 0 aliphatic carbocycles. The molecule has 0 amide bonds. The van der Waals surface area contributed by atoms with Gasteiger partial charge in [-0.05, 0) is 12.1 Å². The number of para-hydroxylation sites is 2. The Morgan fingerprint density at radius 2 is 1.80 bits per heavy atom. The van der Waals surface area contributed by atoms with Crippen molar-refractivity contribution in [2.75, 3.05) is 6.61 Å². The van der Waals surface area contributed by atoms with Gasteiger partial charge in [0.25, 0.3) is 0 Å². The first-order valence-corrected chi connectivity index (χ1v) is 7.27. The molecule has 3 aromatic rings. The summed E-state index contributed by atoms with van der Waals surface area (Å²) >= 11 is 5.72. The van der Waals surface area contributed by atoms with Gasteiger partial charge in [-0.15, -0.1) is 0 Å². The first-order valence-electron chi connectivity index (χ1n) is 6.90. The third kappa shape index (κ3) is 4.60. The Balaban J connectivity index is 1.81. The van der Waals surface area contributed by atoms with Gasteiger partial charge in [0.1, 0.15) is 5.69 Å². The summed E-state index contributed by atoms with van der Waals surface area (Å²) < 4.78 is 48.2. The van der Waals surface area contributed by atoms with E-state index in [1.54, 1.807) is 24.3 Å². The van der Waals surface area contributed by atoms with Crippen molar-refractivity contribution in [1.82, 2.24) is 19.7 Å². The minimum atomic E-state index is -4.42.